The third-order valence-corrected chi connectivity index (χ3v) is 6.93. The summed E-state index contributed by atoms with van der Waals surface area (Å²) in [7, 11) is 1.62. The van der Waals surface area contributed by atoms with E-state index in [-0.39, 0.29) is 5.91 Å². The molecular formula is C21H22N2O2S2. The number of nitrogens with zero attached hydrogens (tertiary/aromatic N) is 2. The molecule has 0 spiro atoms. The van der Waals surface area contributed by atoms with Crippen molar-refractivity contribution in [2.24, 2.45) is 0 Å². The van der Waals surface area contributed by atoms with Crippen LogP contribution in [0.5, 0.6) is 5.75 Å². The molecule has 6 heteroatoms. The van der Waals surface area contributed by atoms with E-state index in [1.807, 2.05) is 41.5 Å². The Labute approximate surface area is 167 Å². The minimum atomic E-state index is 0.0466. The number of benzene rings is 2. The van der Waals surface area contributed by atoms with Gasteiger partial charge in [0.1, 0.15) is 5.75 Å². The molecule has 4 nitrogen and oxygen atoms in total. The molecule has 0 unspecified atom stereocenters. The molecule has 0 aliphatic carbocycles. The van der Waals surface area contributed by atoms with Gasteiger partial charge in [-0.25, -0.2) is 4.98 Å². The maximum atomic E-state index is 13.2. The van der Waals surface area contributed by atoms with Gasteiger partial charge in [-0.2, -0.15) is 0 Å². The van der Waals surface area contributed by atoms with Crippen LogP contribution in [0.1, 0.15) is 34.1 Å². The number of carbonyl (C=O) groups is 1. The van der Waals surface area contributed by atoms with Gasteiger partial charge in [0.05, 0.1) is 27.9 Å². The van der Waals surface area contributed by atoms with Gasteiger partial charge in [-0.15, -0.1) is 23.1 Å². The van der Waals surface area contributed by atoms with Crippen LogP contribution in [0.15, 0.2) is 47.4 Å². The minimum absolute atomic E-state index is 0.0466. The molecule has 1 saturated heterocycles. The summed E-state index contributed by atoms with van der Waals surface area (Å²) in [4.78, 5) is 21.0. The van der Waals surface area contributed by atoms with E-state index in [1.165, 1.54) is 4.70 Å². The summed E-state index contributed by atoms with van der Waals surface area (Å²) in [5.41, 5.74) is 1.69. The second-order valence-corrected chi connectivity index (χ2v) is 8.62. The van der Waals surface area contributed by atoms with Gasteiger partial charge in [-0.3, -0.25) is 4.79 Å². The van der Waals surface area contributed by atoms with E-state index in [2.05, 4.69) is 12.1 Å². The van der Waals surface area contributed by atoms with Crippen LogP contribution < -0.4 is 4.74 Å². The lowest BCUT2D eigenvalue weighted by molar-refractivity contribution is 0.0703. The minimum Gasteiger partial charge on any atom is -0.496 e. The van der Waals surface area contributed by atoms with Crippen LogP contribution in [-0.4, -0.2) is 42.2 Å². The first kappa shape index (κ1) is 18.3. The fourth-order valence-electron chi connectivity index (χ4n) is 3.57. The van der Waals surface area contributed by atoms with Crippen LogP contribution >= 0.6 is 23.1 Å². The Bertz CT molecular complexity index is 937. The Morgan fingerprint density at radius 2 is 2.15 bits per heavy atom. The average molecular weight is 399 g/mol. The average Bonchev–Trinajstić information content (AvgIpc) is 3.17. The van der Waals surface area contributed by atoms with Crippen LogP contribution in [0.4, 0.5) is 0 Å². The third-order valence-electron chi connectivity index (χ3n) is 5.01. The second kappa shape index (κ2) is 7.90. The summed E-state index contributed by atoms with van der Waals surface area (Å²) in [5, 5.41) is 1.14. The second-order valence-electron chi connectivity index (χ2n) is 6.68. The summed E-state index contributed by atoms with van der Waals surface area (Å²) in [5.74, 6) is 0.996. The van der Waals surface area contributed by atoms with Gasteiger partial charge in [-0.1, -0.05) is 12.1 Å². The van der Waals surface area contributed by atoms with Crippen molar-refractivity contribution in [3.8, 4) is 5.75 Å². The van der Waals surface area contributed by atoms with Gasteiger partial charge < -0.3 is 9.64 Å². The summed E-state index contributed by atoms with van der Waals surface area (Å²) in [6.45, 7) is 1.50. The number of ether oxygens (including phenoxy) is 1. The lowest BCUT2D eigenvalue weighted by Gasteiger charge is -2.32. The van der Waals surface area contributed by atoms with Crippen molar-refractivity contribution in [1.29, 1.82) is 0 Å². The highest BCUT2D eigenvalue weighted by Crippen LogP contribution is 2.34. The van der Waals surface area contributed by atoms with Crippen molar-refractivity contribution in [1.82, 2.24) is 9.88 Å². The number of methoxy groups -OCH3 is 1. The molecular weight excluding hydrogens is 376 g/mol. The zero-order valence-corrected chi connectivity index (χ0v) is 17.1. The van der Waals surface area contributed by atoms with Gasteiger partial charge in [0.15, 0.2) is 0 Å². The van der Waals surface area contributed by atoms with E-state index < -0.39 is 0 Å². The molecule has 3 aromatic rings. The fraction of sp³-hybridized carbons (Fsp3) is 0.333. The predicted molar refractivity (Wildman–Crippen MR) is 112 cm³/mol. The molecule has 4 rings (SSSR count). The molecule has 2 heterocycles. The van der Waals surface area contributed by atoms with Crippen LogP contribution in [0.25, 0.3) is 10.2 Å². The van der Waals surface area contributed by atoms with Gasteiger partial charge in [-0.05, 0) is 49.4 Å². The zero-order chi connectivity index (χ0) is 18.8. The Morgan fingerprint density at radius 1 is 1.30 bits per heavy atom. The van der Waals surface area contributed by atoms with Crippen molar-refractivity contribution in [3.05, 3.63) is 53.0 Å². The highest BCUT2D eigenvalue weighted by molar-refractivity contribution is 7.98. The molecule has 1 aliphatic rings. The van der Waals surface area contributed by atoms with Gasteiger partial charge in [0, 0.05) is 23.9 Å². The van der Waals surface area contributed by atoms with Crippen LogP contribution in [0, 0.1) is 0 Å². The third kappa shape index (κ3) is 3.69. The quantitative estimate of drug-likeness (QED) is 0.577. The van der Waals surface area contributed by atoms with Crippen molar-refractivity contribution in [3.63, 3.8) is 0 Å². The van der Waals surface area contributed by atoms with E-state index in [0.717, 1.165) is 34.8 Å². The van der Waals surface area contributed by atoms with E-state index in [9.17, 15) is 4.79 Å². The van der Waals surface area contributed by atoms with Gasteiger partial charge in [0.2, 0.25) is 0 Å². The number of hydrogen-bond donors (Lipinski definition) is 0. The van der Waals surface area contributed by atoms with Gasteiger partial charge >= 0.3 is 0 Å². The van der Waals surface area contributed by atoms with Crippen LogP contribution in [0.2, 0.25) is 0 Å². The smallest absolute Gasteiger partial charge is 0.257 e. The first-order valence-electron chi connectivity index (χ1n) is 9.06. The monoisotopic (exact) mass is 398 g/mol. The maximum Gasteiger partial charge on any atom is 0.257 e. The van der Waals surface area contributed by atoms with E-state index in [0.29, 0.717) is 23.8 Å². The summed E-state index contributed by atoms with van der Waals surface area (Å²) < 4.78 is 6.69. The summed E-state index contributed by atoms with van der Waals surface area (Å²) in [6, 6.07) is 14.0. The fourth-order valence-corrected chi connectivity index (χ4v) is 5.10. The van der Waals surface area contributed by atoms with Crippen molar-refractivity contribution >= 4 is 39.2 Å². The Hall–Kier alpha value is -2.05. The standard InChI is InChI=1S/C21H22N2O2S2/c1-25-18-12-15(26-2)9-10-16(18)21(24)23-11-5-6-14(13-23)20-22-17-7-3-4-8-19(17)27-20/h3-4,7-10,12,14H,5-6,11,13H2,1-2H3/t14-/m0/s1. The number of piperidine rings is 1. The Morgan fingerprint density at radius 3 is 2.93 bits per heavy atom. The SMILES string of the molecule is COc1cc(SC)ccc1C(=O)N1CCC[C@H](c2nc3ccccc3s2)C1. The normalized spacial score (nSPS) is 17.3. The summed E-state index contributed by atoms with van der Waals surface area (Å²) >= 11 is 3.39. The number of fused-ring (bicyclic) bond motifs is 1. The number of aromatic nitrogens is 1. The highest BCUT2D eigenvalue weighted by atomic mass is 32.2. The van der Waals surface area contributed by atoms with Crippen molar-refractivity contribution < 1.29 is 9.53 Å². The first-order chi connectivity index (χ1) is 13.2. The topological polar surface area (TPSA) is 42.4 Å². The number of likely N-dealkylation sites (tertiary alicyclic amines) is 1. The molecule has 0 saturated carbocycles. The van der Waals surface area contributed by atoms with E-state index >= 15 is 0 Å². The molecule has 0 radical (unpaired) electrons. The molecule has 0 bridgehead atoms. The maximum absolute atomic E-state index is 13.2. The lowest BCUT2D eigenvalue weighted by Crippen LogP contribution is -2.39. The highest BCUT2D eigenvalue weighted by Gasteiger charge is 2.28. The van der Waals surface area contributed by atoms with Crippen LogP contribution in [0.3, 0.4) is 0 Å². The number of para-hydroxylation sites is 1. The van der Waals surface area contributed by atoms with E-state index in [4.69, 9.17) is 9.72 Å². The molecule has 1 aromatic heterocycles. The van der Waals surface area contributed by atoms with Crippen LogP contribution in [-0.2, 0) is 0 Å². The largest absolute Gasteiger partial charge is 0.496 e. The Balaban J connectivity index is 1.56. The molecule has 1 aliphatic heterocycles. The van der Waals surface area contributed by atoms with Gasteiger partial charge in [0.25, 0.3) is 5.91 Å². The molecule has 27 heavy (non-hydrogen) atoms. The van der Waals surface area contributed by atoms with Crippen molar-refractivity contribution in [2.75, 3.05) is 26.5 Å². The van der Waals surface area contributed by atoms with Crippen molar-refractivity contribution in [2.45, 2.75) is 23.7 Å². The van der Waals surface area contributed by atoms with E-state index in [1.54, 1.807) is 30.2 Å². The molecule has 2 aromatic carbocycles. The molecule has 1 amide bonds. The number of thiazole rings is 1. The first-order valence-corrected chi connectivity index (χ1v) is 11.1. The number of carbonyl (C=O) groups excluding carboxylic acids is 1. The lowest BCUT2D eigenvalue weighted by atomic mass is 9.98. The molecule has 1 fully saturated rings. The predicted octanol–water partition coefficient (Wildman–Crippen LogP) is 5.05. The number of amides is 1. The molecule has 140 valence electrons. The number of thioether (sulfide) groups is 1. The molecule has 1 atom stereocenters. The zero-order valence-electron chi connectivity index (χ0n) is 15.5. The Kier molecular flexibility index (Phi) is 5.36. The number of hydrogen-bond acceptors (Lipinski definition) is 5. The molecule has 0 N–H and O–H groups in total. The number of rotatable bonds is 4. The summed E-state index contributed by atoms with van der Waals surface area (Å²) in [6.07, 6.45) is 4.09.